The van der Waals surface area contributed by atoms with E-state index in [-0.39, 0.29) is 0 Å². The highest BCUT2D eigenvalue weighted by Crippen LogP contribution is 2.38. The van der Waals surface area contributed by atoms with Crippen molar-refractivity contribution < 1.29 is 0 Å². The van der Waals surface area contributed by atoms with Crippen LogP contribution in [0.2, 0.25) is 5.02 Å². The number of rotatable bonds is 3. The lowest BCUT2D eigenvalue weighted by Crippen LogP contribution is -2.01. The number of hydrogen-bond acceptors (Lipinski definition) is 5. The summed E-state index contributed by atoms with van der Waals surface area (Å²) in [5.41, 5.74) is 5.34. The fourth-order valence-corrected chi connectivity index (χ4v) is 4.33. The Hall–Kier alpha value is -1.98. The van der Waals surface area contributed by atoms with E-state index >= 15 is 0 Å². The highest BCUT2D eigenvalue weighted by atomic mass is 35.5. The summed E-state index contributed by atoms with van der Waals surface area (Å²) in [4.78, 5) is 11.3. The van der Waals surface area contributed by atoms with Crippen LogP contribution >= 0.6 is 22.9 Å². The minimum Gasteiger partial charge on any atom is -0.261 e. The number of thiophene rings is 1. The topological polar surface area (TPSA) is 50.2 Å². The largest absolute Gasteiger partial charge is 0.261 e. The second-order valence-corrected chi connectivity index (χ2v) is 7.00. The number of nitrogens with one attached hydrogen (secondary N) is 1. The molecule has 4 nitrogen and oxygen atoms in total. The number of anilines is 1. The molecule has 0 atom stereocenters. The Bertz CT molecular complexity index is 887. The summed E-state index contributed by atoms with van der Waals surface area (Å²) in [5, 5.41) is 6.11. The summed E-state index contributed by atoms with van der Waals surface area (Å²) in [6.45, 7) is 0. The normalized spacial score (nSPS) is 14.3. The van der Waals surface area contributed by atoms with Crippen LogP contribution in [0.1, 0.15) is 28.8 Å². The zero-order valence-electron chi connectivity index (χ0n) is 12.4. The Morgan fingerprint density at radius 3 is 2.96 bits per heavy atom. The first-order valence-corrected chi connectivity index (χ1v) is 8.81. The summed E-state index contributed by atoms with van der Waals surface area (Å²) < 4.78 is 0. The molecule has 0 saturated carbocycles. The molecule has 116 valence electrons. The maximum atomic E-state index is 6.14. The smallest absolute Gasteiger partial charge is 0.158 e. The van der Waals surface area contributed by atoms with Crippen molar-refractivity contribution in [3.8, 4) is 0 Å². The SMILES string of the molecule is Clc1ccccc1/C=N\Nc1ncnc2sc3c(c12)CCCC3. The monoisotopic (exact) mass is 342 g/mol. The number of benzene rings is 1. The molecule has 0 fully saturated rings. The lowest BCUT2D eigenvalue weighted by atomic mass is 9.97. The van der Waals surface area contributed by atoms with E-state index in [0.717, 1.165) is 34.4 Å². The van der Waals surface area contributed by atoms with Gasteiger partial charge < -0.3 is 0 Å². The molecule has 1 aliphatic rings. The van der Waals surface area contributed by atoms with Crippen LogP contribution in [-0.2, 0) is 12.8 Å². The van der Waals surface area contributed by atoms with Crippen molar-refractivity contribution in [3.05, 3.63) is 51.6 Å². The molecule has 0 amide bonds. The Morgan fingerprint density at radius 2 is 2.04 bits per heavy atom. The van der Waals surface area contributed by atoms with Crippen LogP contribution < -0.4 is 5.43 Å². The Balaban J connectivity index is 1.67. The van der Waals surface area contributed by atoms with Crippen molar-refractivity contribution in [1.29, 1.82) is 0 Å². The van der Waals surface area contributed by atoms with E-state index in [1.807, 2.05) is 24.3 Å². The maximum absolute atomic E-state index is 6.14. The molecule has 0 radical (unpaired) electrons. The van der Waals surface area contributed by atoms with Crippen molar-refractivity contribution in [1.82, 2.24) is 9.97 Å². The molecular formula is C17H15ClN4S. The van der Waals surface area contributed by atoms with Gasteiger partial charge in [0.05, 0.1) is 11.6 Å². The summed E-state index contributed by atoms with van der Waals surface area (Å²) in [6.07, 6.45) is 8.06. The van der Waals surface area contributed by atoms with Gasteiger partial charge in [-0.25, -0.2) is 9.97 Å². The third-order valence-corrected chi connectivity index (χ3v) is 5.57. The molecule has 0 spiro atoms. The number of halogens is 1. The van der Waals surface area contributed by atoms with E-state index in [1.165, 1.54) is 23.3 Å². The summed E-state index contributed by atoms with van der Waals surface area (Å²) in [6, 6.07) is 7.61. The van der Waals surface area contributed by atoms with Gasteiger partial charge in [-0.3, -0.25) is 5.43 Å². The minimum absolute atomic E-state index is 0.679. The van der Waals surface area contributed by atoms with Crippen LogP contribution in [0.3, 0.4) is 0 Å². The van der Waals surface area contributed by atoms with Crippen molar-refractivity contribution in [3.63, 3.8) is 0 Å². The number of hydrazone groups is 1. The van der Waals surface area contributed by atoms with Gasteiger partial charge >= 0.3 is 0 Å². The third-order valence-electron chi connectivity index (χ3n) is 4.03. The average Bonchev–Trinajstić information content (AvgIpc) is 2.96. The van der Waals surface area contributed by atoms with E-state index in [0.29, 0.717) is 5.02 Å². The maximum Gasteiger partial charge on any atom is 0.158 e. The van der Waals surface area contributed by atoms with Crippen LogP contribution in [0.4, 0.5) is 5.82 Å². The molecule has 1 aliphatic carbocycles. The number of hydrogen-bond donors (Lipinski definition) is 1. The van der Waals surface area contributed by atoms with Crippen LogP contribution in [0.5, 0.6) is 0 Å². The predicted molar refractivity (Wildman–Crippen MR) is 96.7 cm³/mol. The molecule has 0 bridgehead atoms. The molecule has 6 heteroatoms. The zero-order chi connectivity index (χ0) is 15.6. The fourth-order valence-electron chi connectivity index (χ4n) is 2.92. The molecular weight excluding hydrogens is 328 g/mol. The molecule has 2 heterocycles. The molecule has 4 rings (SSSR count). The number of aryl methyl sites for hydroxylation is 2. The van der Waals surface area contributed by atoms with Gasteiger partial charge in [-0.15, -0.1) is 11.3 Å². The lowest BCUT2D eigenvalue weighted by Gasteiger charge is -2.11. The van der Waals surface area contributed by atoms with Gasteiger partial charge in [0.1, 0.15) is 11.2 Å². The lowest BCUT2D eigenvalue weighted by molar-refractivity contribution is 0.700. The molecule has 0 aliphatic heterocycles. The van der Waals surface area contributed by atoms with E-state index in [4.69, 9.17) is 11.6 Å². The zero-order valence-corrected chi connectivity index (χ0v) is 14.0. The van der Waals surface area contributed by atoms with Gasteiger partial charge in [0, 0.05) is 15.5 Å². The van der Waals surface area contributed by atoms with Gasteiger partial charge in [0.2, 0.25) is 0 Å². The van der Waals surface area contributed by atoms with Gasteiger partial charge in [-0.1, -0.05) is 29.8 Å². The molecule has 1 aromatic carbocycles. The Kier molecular flexibility index (Phi) is 3.97. The Labute approximate surface area is 143 Å². The molecule has 1 N–H and O–H groups in total. The van der Waals surface area contributed by atoms with Crippen LogP contribution in [-0.4, -0.2) is 16.2 Å². The first-order chi connectivity index (χ1) is 11.3. The Morgan fingerprint density at radius 1 is 1.17 bits per heavy atom. The van der Waals surface area contributed by atoms with Crippen molar-refractivity contribution >= 4 is 45.2 Å². The van der Waals surface area contributed by atoms with E-state index in [1.54, 1.807) is 23.9 Å². The van der Waals surface area contributed by atoms with E-state index < -0.39 is 0 Å². The summed E-state index contributed by atoms with van der Waals surface area (Å²) in [7, 11) is 0. The minimum atomic E-state index is 0.679. The number of aromatic nitrogens is 2. The van der Waals surface area contributed by atoms with Crippen molar-refractivity contribution in [2.75, 3.05) is 5.43 Å². The molecule has 23 heavy (non-hydrogen) atoms. The van der Waals surface area contributed by atoms with E-state index in [2.05, 4.69) is 20.5 Å². The molecule has 2 aromatic heterocycles. The van der Waals surface area contributed by atoms with Crippen LogP contribution in [0, 0.1) is 0 Å². The van der Waals surface area contributed by atoms with Gasteiger partial charge in [-0.2, -0.15) is 5.10 Å². The number of fused-ring (bicyclic) bond motifs is 3. The van der Waals surface area contributed by atoms with Crippen molar-refractivity contribution in [2.45, 2.75) is 25.7 Å². The molecule has 3 aromatic rings. The summed E-state index contributed by atoms with van der Waals surface area (Å²) >= 11 is 7.92. The second-order valence-electron chi connectivity index (χ2n) is 5.50. The van der Waals surface area contributed by atoms with Gasteiger partial charge in [0.15, 0.2) is 5.82 Å². The first-order valence-electron chi connectivity index (χ1n) is 7.62. The quantitative estimate of drug-likeness (QED) is 0.556. The van der Waals surface area contributed by atoms with Crippen LogP contribution in [0.25, 0.3) is 10.2 Å². The van der Waals surface area contributed by atoms with Crippen molar-refractivity contribution in [2.24, 2.45) is 5.10 Å². The van der Waals surface area contributed by atoms with E-state index in [9.17, 15) is 0 Å². The third kappa shape index (κ3) is 2.82. The first kappa shape index (κ1) is 14.6. The number of nitrogens with zero attached hydrogens (tertiary/aromatic N) is 3. The fraction of sp³-hybridized carbons (Fsp3) is 0.235. The predicted octanol–water partition coefficient (Wildman–Crippen LogP) is 4.67. The van der Waals surface area contributed by atoms with Gasteiger partial charge in [-0.05, 0) is 37.3 Å². The highest BCUT2D eigenvalue weighted by Gasteiger charge is 2.19. The molecule has 0 saturated heterocycles. The average molecular weight is 343 g/mol. The standard InChI is InChI=1S/C17H15ClN4S/c18-13-7-3-1-5-11(13)9-21-22-16-15-12-6-2-4-8-14(12)23-17(15)20-10-19-16/h1,3,5,7,9-10H,2,4,6,8H2,(H,19,20,22)/b21-9-. The molecule has 0 unspecified atom stereocenters. The highest BCUT2D eigenvalue weighted by molar-refractivity contribution is 7.19. The van der Waals surface area contributed by atoms with Crippen LogP contribution in [0.15, 0.2) is 35.7 Å². The van der Waals surface area contributed by atoms with Gasteiger partial charge in [0.25, 0.3) is 0 Å². The summed E-state index contributed by atoms with van der Waals surface area (Å²) in [5.74, 6) is 0.776. The second kappa shape index (κ2) is 6.26.